The first-order chi connectivity index (χ1) is 9.91. The Bertz CT molecular complexity index is 713. The van der Waals surface area contributed by atoms with Gasteiger partial charge in [0.05, 0.1) is 0 Å². The molecule has 0 saturated heterocycles. The number of nitrogens with one attached hydrogen (secondary N) is 1. The predicted molar refractivity (Wildman–Crippen MR) is 91.5 cm³/mol. The fourth-order valence-electron chi connectivity index (χ4n) is 3.17. The summed E-state index contributed by atoms with van der Waals surface area (Å²) in [6.07, 6.45) is 0. The van der Waals surface area contributed by atoms with Gasteiger partial charge >= 0.3 is 0 Å². The van der Waals surface area contributed by atoms with Crippen LogP contribution >= 0.6 is 0 Å². The minimum atomic E-state index is -0.0580. The molecule has 1 aliphatic heterocycles. The van der Waals surface area contributed by atoms with Crippen molar-refractivity contribution in [2.45, 2.75) is 26.2 Å². The second-order valence-electron chi connectivity index (χ2n) is 6.32. The summed E-state index contributed by atoms with van der Waals surface area (Å²) in [4.78, 5) is 2.19. The molecule has 0 saturated carbocycles. The van der Waals surface area contributed by atoms with Crippen molar-refractivity contribution in [1.29, 1.82) is 0 Å². The lowest BCUT2D eigenvalue weighted by Gasteiger charge is -2.24. The van der Waals surface area contributed by atoms with Crippen molar-refractivity contribution in [3.63, 3.8) is 0 Å². The Labute approximate surface area is 127 Å². The van der Waals surface area contributed by atoms with Crippen LogP contribution < -0.4 is 10.2 Å². The lowest BCUT2D eigenvalue weighted by molar-refractivity contribution is 0.644. The van der Waals surface area contributed by atoms with E-state index in [0.717, 1.165) is 17.1 Å². The van der Waals surface area contributed by atoms with Crippen LogP contribution in [0.25, 0.3) is 0 Å². The number of hydrogen-bond donors (Lipinski definition) is 1. The van der Waals surface area contributed by atoms with E-state index in [0.29, 0.717) is 0 Å². The Morgan fingerprint density at radius 2 is 1.81 bits per heavy atom. The van der Waals surface area contributed by atoms with E-state index in [9.17, 15) is 0 Å². The molecule has 0 atom stereocenters. The number of hydrogen-bond acceptors (Lipinski definition) is 2. The van der Waals surface area contributed by atoms with Crippen molar-refractivity contribution in [3.05, 3.63) is 65.9 Å². The Morgan fingerprint density at radius 1 is 1.10 bits per heavy atom. The van der Waals surface area contributed by atoms with E-state index in [-0.39, 0.29) is 5.41 Å². The molecule has 2 heteroatoms. The molecule has 2 aromatic carbocycles. The van der Waals surface area contributed by atoms with Crippen LogP contribution in [0, 0.1) is 6.92 Å². The third-order valence-electron chi connectivity index (χ3n) is 4.45. The van der Waals surface area contributed by atoms with Gasteiger partial charge < -0.3 is 10.2 Å². The van der Waals surface area contributed by atoms with Gasteiger partial charge in [-0.3, -0.25) is 0 Å². The highest BCUT2D eigenvalue weighted by Crippen LogP contribution is 2.49. The maximum absolute atomic E-state index is 4.26. The Morgan fingerprint density at radius 3 is 2.52 bits per heavy atom. The van der Waals surface area contributed by atoms with E-state index in [1.54, 1.807) is 0 Å². The number of rotatable bonds is 2. The molecular weight excluding hydrogens is 256 g/mol. The summed E-state index contributed by atoms with van der Waals surface area (Å²) in [5, 5.41) is 3.57. The van der Waals surface area contributed by atoms with Crippen LogP contribution in [0.5, 0.6) is 0 Å². The van der Waals surface area contributed by atoms with E-state index in [1.807, 2.05) is 0 Å². The van der Waals surface area contributed by atoms with E-state index >= 15 is 0 Å². The number of anilines is 3. The molecular formula is C19H22N2. The molecule has 0 radical (unpaired) electrons. The van der Waals surface area contributed by atoms with Gasteiger partial charge in [-0.1, -0.05) is 38.6 Å². The zero-order valence-electron chi connectivity index (χ0n) is 13.2. The summed E-state index contributed by atoms with van der Waals surface area (Å²) in [5.41, 5.74) is 7.18. The van der Waals surface area contributed by atoms with Crippen LogP contribution in [0.3, 0.4) is 0 Å². The number of fused-ring (bicyclic) bond motifs is 1. The SMILES string of the molecule is C=C1N(C)c2cccc(Nc3cccc(C)c3)c2C1(C)C. The molecule has 0 amide bonds. The van der Waals surface area contributed by atoms with Gasteiger partial charge in [0.15, 0.2) is 0 Å². The Hall–Kier alpha value is -2.22. The van der Waals surface area contributed by atoms with E-state index in [1.165, 1.54) is 16.8 Å². The largest absolute Gasteiger partial charge is 0.355 e. The van der Waals surface area contributed by atoms with Crippen LogP contribution in [0.4, 0.5) is 17.1 Å². The van der Waals surface area contributed by atoms with Gasteiger partial charge in [-0.15, -0.1) is 0 Å². The van der Waals surface area contributed by atoms with Gasteiger partial charge in [0.1, 0.15) is 0 Å². The van der Waals surface area contributed by atoms with Gasteiger partial charge in [0.2, 0.25) is 0 Å². The predicted octanol–water partition coefficient (Wildman–Crippen LogP) is 4.98. The van der Waals surface area contributed by atoms with Gasteiger partial charge in [-0.05, 0) is 36.8 Å². The lowest BCUT2D eigenvalue weighted by Crippen LogP contribution is -2.22. The molecule has 1 heterocycles. The first-order valence-corrected chi connectivity index (χ1v) is 7.31. The second kappa shape index (κ2) is 4.66. The highest BCUT2D eigenvalue weighted by Gasteiger charge is 2.39. The fraction of sp³-hybridized carbons (Fsp3) is 0.263. The van der Waals surface area contributed by atoms with Crippen molar-refractivity contribution < 1.29 is 0 Å². The normalized spacial score (nSPS) is 16.0. The Kier molecular flexibility index (Phi) is 3.05. The van der Waals surface area contributed by atoms with Crippen LogP contribution in [-0.2, 0) is 5.41 Å². The summed E-state index contributed by atoms with van der Waals surface area (Å²) < 4.78 is 0. The number of aryl methyl sites for hydroxylation is 1. The van der Waals surface area contributed by atoms with Crippen molar-refractivity contribution >= 4 is 17.1 Å². The Balaban J connectivity index is 2.09. The molecule has 0 unspecified atom stereocenters. The van der Waals surface area contributed by atoms with E-state index in [4.69, 9.17) is 0 Å². The monoisotopic (exact) mass is 278 g/mol. The van der Waals surface area contributed by atoms with Crippen LogP contribution in [0.1, 0.15) is 25.0 Å². The lowest BCUT2D eigenvalue weighted by atomic mass is 9.83. The minimum absolute atomic E-state index is 0.0580. The molecule has 0 bridgehead atoms. The van der Waals surface area contributed by atoms with Gasteiger partial charge in [0, 0.05) is 40.8 Å². The summed E-state index contributed by atoms with van der Waals surface area (Å²) in [6.45, 7) is 10.8. The molecule has 1 N–H and O–H groups in total. The van der Waals surface area contributed by atoms with Crippen LogP contribution in [0.2, 0.25) is 0 Å². The molecule has 0 aliphatic carbocycles. The van der Waals surface area contributed by atoms with Crippen molar-refractivity contribution in [3.8, 4) is 0 Å². The third-order valence-corrected chi connectivity index (χ3v) is 4.45. The number of nitrogens with zero attached hydrogens (tertiary/aromatic N) is 1. The summed E-state index contributed by atoms with van der Waals surface area (Å²) >= 11 is 0. The minimum Gasteiger partial charge on any atom is -0.355 e. The quantitative estimate of drug-likeness (QED) is 0.833. The molecule has 3 rings (SSSR count). The van der Waals surface area contributed by atoms with Crippen molar-refractivity contribution in [2.24, 2.45) is 0 Å². The summed E-state index contributed by atoms with van der Waals surface area (Å²) in [6, 6.07) is 14.9. The van der Waals surface area contributed by atoms with E-state index in [2.05, 4.69) is 87.1 Å². The number of likely N-dealkylation sites (N-methyl/N-ethyl adjacent to an activating group) is 1. The second-order valence-corrected chi connectivity index (χ2v) is 6.32. The molecule has 21 heavy (non-hydrogen) atoms. The molecule has 2 nitrogen and oxygen atoms in total. The van der Waals surface area contributed by atoms with Crippen molar-refractivity contribution in [1.82, 2.24) is 0 Å². The molecule has 1 aliphatic rings. The standard InChI is InChI=1S/C19H22N2/c1-13-8-6-9-15(12-13)20-16-10-7-11-17-18(16)19(3,4)14(2)21(17)5/h6-12,20H,2H2,1,3-5H3. The summed E-state index contributed by atoms with van der Waals surface area (Å²) in [5.74, 6) is 0. The van der Waals surface area contributed by atoms with Crippen molar-refractivity contribution in [2.75, 3.05) is 17.3 Å². The first-order valence-electron chi connectivity index (χ1n) is 7.31. The molecule has 2 aromatic rings. The van der Waals surface area contributed by atoms with Crippen LogP contribution in [0.15, 0.2) is 54.7 Å². The highest BCUT2D eigenvalue weighted by molar-refractivity contribution is 5.80. The first kappa shape index (κ1) is 13.7. The van der Waals surface area contributed by atoms with Gasteiger partial charge in [-0.25, -0.2) is 0 Å². The zero-order chi connectivity index (χ0) is 15.2. The highest BCUT2D eigenvalue weighted by atomic mass is 15.2. The number of benzene rings is 2. The van der Waals surface area contributed by atoms with E-state index < -0.39 is 0 Å². The van der Waals surface area contributed by atoms with Gasteiger partial charge in [-0.2, -0.15) is 0 Å². The molecule has 108 valence electrons. The number of allylic oxidation sites excluding steroid dienone is 1. The average molecular weight is 278 g/mol. The molecule has 0 spiro atoms. The topological polar surface area (TPSA) is 15.3 Å². The van der Waals surface area contributed by atoms with Gasteiger partial charge in [0.25, 0.3) is 0 Å². The molecule has 0 aromatic heterocycles. The average Bonchev–Trinajstić information content (AvgIpc) is 2.61. The fourth-order valence-corrected chi connectivity index (χ4v) is 3.17. The zero-order valence-corrected chi connectivity index (χ0v) is 13.2. The smallest absolute Gasteiger partial charge is 0.0468 e. The maximum Gasteiger partial charge on any atom is 0.0468 e. The maximum atomic E-state index is 4.26. The summed E-state index contributed by atoms with van der Waals surface area (Å²) in [7, 11) is 2.09. The molecule has 0 fully saturated rings. The van der Waals surface area contributed by atoms with Crippen LogP contribution in [-0.4, -0.2) is 7.05 Å². The third kappa shape index (κ3) is 2.11.